The van der Waals surface area contributed by atoms with Crippen LogP contribution in [0.4, 0.5) is 0 Å². The Morgan fingerprint density at radius 1 is 1.50 bits per heavy atom. The van der Waals surface area contributed by atoms with Gasteiger partial charge in [0.05, 0.1) is 0 Å². The lowest BCUT2D eigenvalue weighted by Gasteiger charge is -2.23. The van der Waals surface area contributed by atoms with E-state index in [0.29, 0.717) is 6.42 Å². The van der Waals surface area contributed by atoms with Crippen LogP contribution in [0.1, 0.15) is 33.1 Å². The van der Waals surface area contributed by atoms with Crippen molar-refractivity contribution in [3.05, 3.63) is 0 Å². The lowest BCUT2D eigenvalue weighted by Crippen LogP contribution is -2.42. The minimum atomic E-state index is 0.0388. The Bertz CT molecular complexity index is 141. The summed E-state index contributed by atoms with van der Waals surface area (Å²) in [7, 11) is 0. The quantitative estimate of drug-likeness (QED) is 0.591. The molecule has 0 aromatic carbocycles. The smallest absolute Gasteiger partial charge is 0.236 e. The van der Waals surface area contributed by atoms with Gasteiger partial charge < -0.3 is 0 Å². The Hall–Kier alpha value is -0.570. The summed E-state index contributed by atoms with van der Waals surface area (Å²) in [5.74, 6) is 0.115. The van der Waals surface area contributed by atoms with E-state index in [9.17, 15) is 4.79 Å². The first kappa shape index (κ1) is 7.54. The molecular formula is C7H14N2O. The van der Waals surface area contributed by atoms with E-state index in [-0.39, 0.29) is 11.4 Å². The molecule has 0 bridgehead atoms. The molecule has 0 aliphatic carbocycles. The van der Waals surface area contributed by atoms with Crippen LogP contribution >= 0.6 is 0 Å². The SMILES string of the molecule is CCC1(CC)CC(=O)NN1. The van der Waals surface area contributed by atoms with Gasteiger partial charge in [0, 0.05) is 12.0 Å². The molecule has 1 saturated heterocycles. The Morgan fingerprint density at radius 3 is 2.30 bits per heavy atom. The van der Waals surface area contributed by atoms with Crippen molar-refractivity contribution in [1.29, 1.82) is 0 Å². The van der Waals surface area contributed by atoms with Crippen molar-refractivity contribution >= 4 is 5.91 Å². The predicted molar refractivity (Wildman–Crippen MR) is 39.2 cm³/mol. The van der Waals surface area contributed by atoms with Crippen molar-refractivity contribution in [3.63, 3.8) is 0 Å². The molecule has 0 atom stereocenters. The molecule has 0 radical (unpaired) electrons. The molecule has 1 aliphatic rings. The van der Waals surface area contributed by atoms with Gasteiger partial charge in [0.25, 0.3) is 0 Å². The van der Waals surface area contributed by atoms with Gasteiger partial charge in [-0.25, -0.2) is 5.43 Å². The molecule has 2 N–H and O–H groups in total. The van der Waals surface area contributed by atoms with Gasteiger partial charge in [0.2, 0.25) is 5.91 Å². The van der Waals surface area contributed by atoms with E-state index >= 15 is 0 Å². The zero-order valence-corrected chi connectivity index (χ0v) is 6.53. The van der Waals surface area contributed by atoms with Crippen molar-refractivity contribution < 1.29 is 4.79 Å². The van der Waals surface area contributed by atoms with Gasteiger partial charge in [-0.1, -0.05) is 13.8 Å². The van der Waals surface area contributed by atoms with E-state index in [1.165, 1.54) is 0 Å². The zero-order valence-electron chi connectivity index (χ0n) is 6.53. The second-order valence-electron chi connectivity index (χ2n) is 2.84. The molecule has 1 amide bonds. The number of amides is 1. The first-order valence-electron chi connectivity index (χ1n) is 3.78. The number of nitrogens with one attached hydrogen (secondary N) is 2. The Labute approximate surface area is 61.2 Å². The number of rotatable bonds is 2. The maximum absolute atomic E-state index is 10.8. The third-order valence-electron chi connectivity index (χ3n) is 2.32. The van der Waals surface area contributed by atoms with Crippen LogP contribution in [-0.2, 0) is 4.79 Å². The lowest BCUT2D eigenvalue weighted by molar-refractivity contribution is -0.119. The Kier molecular flexibility index (Phi) is 1.94. The maximum Gasteiger partial charge on any atom is 0.236 e. The molecule has 3 heteroatoms. The van der Waals surface area contributed by atoms with Crippen LogP contribution in [-0.4, -0.2) is 11.4 Å². The number of hydrogen-bond donors (Lipinski definition) is 2. The van der Waals surface area contributed by atoms with Gasteiger partial charge in [0.1, 0.15) is 0 Å². The molecule has 0 aromatic rings. The highest BCUT2D eigenvalue weighted by Crippen LogP contribution is 2.21. The van der Waals surface area contributed by atoms with E-state index < -0.39 is 0 Å². The molecule has 1 aliphatic heterocycles. The second-order valence-corrected chi connectivity index (χ2v) is 2.84. The summed E-state index contributed by atoms with van der Waals surface area (Å²) in [6, 6.07) is 0. The van der Waals surface area contributed by atoms with Crippen LogP contribution in [0, 0.1) is 0 Å². The molecule has 1 fully saturated rings. The summed E-state index contributed by atoms with van der Waals surface area (Å²) in [5, 5.41) is 0. The molecule has 1 rings (SSSR count). The van der Waals surface area contributed by atoms with Crippen molar-refractivity contribution in [1.82, 2.24) is 10.9 Å². The molecule has 3 nitrogen and oxygen atoms in total. The fourth-order valence-electron chi connectivity index (χ4n) is 1.27. The topological polar surface area (TPSA) is 41.1 Å². The molecule has 0 spiro atoms. The summed E-state index contributed by atoms with van der Waals surface area (Å²) >= 11 is 0. The maximum atomic E-state index is 10.8. The third kappa shape index (κ3) is 1.14. The van der Waals surface area contributed by atoms with Crippen LogP contribution in [0.2, 0.25) is 0 Å². The summed E-state index contributed by atoms with van der Waals surface area (Å²) in [5.41, 5.74) is 5.68. The minimum Gasteiger partial charge on any atom is -0.291 e. The van der Waals surface area contributed by atoms with Crippen LogP contribution < -0.4 is 10.9 Å². The van der Waals surface area contributed by atoms with E-state index in [4.69, 9.17) is 0 Å². The second kappa shape index (κ2) is 2.58. The van der Waals surface area contributed by atoms with Crippen molar-refractivity contribution in [2.45, 2.75) is 38.6 Å². The van der Waals surface area contributed by atoms with Gasteiger partial charge in [-0.15, -0.1) is 0 Å². The summed E-state index contributed by atoms with van der Waals surface area (Å²) in [6.07, 6.45) is 2.63. The van der Waals surface area contributed by atoms with Crippen molar-refractivity contribution in [2.75, 3.05) is 0 Å². The molecule has 0 unspecified atom stereocenters. The van der Waals surface area contributed by atoms with E-state index in [1.807, 2.05) is 0 Å². The van der Waals surface area contributed by atoms with Crippen molar-refractivity contribution in [2.24, 2.45) is 0 Å². The Balaban J connectivity index is 2.59. The third-order valence-corrected chi connectivity index (χ3v) is 2.32. The molecule has 0 saturated carbocycles. The number of carbonyl (C=O) groups is 1. The van der Waals surface area contributed by atoms with Crippen LogP contribution in [0.3, 0.4) is 0 Å². The molecular weight excluding hydrogens is 128 g/mol. The molecule has 58 valence electrons. The van der Waals surface area contributed by atoms with Gasteiger partial charge in [-0.2, -0.15) is 0 Å². The van der Waals surface area contributed by atoms with E-state index in [1.54, 1.807) is 0 Å². The molecule has 1 heterocycles. The lowest BCUT2D eigenvalue weighted by atomic mass is 9.91. The highest BCUT2D eigenvalue weighted by atomic mass is 16.2. The highest BCUT2D eigenvalue weighted by molar-refractivity contribution is 5.78. The largest absolute Gasteiger partial charge is 0.291 e. The number of carbonyl (C=O) groups excluding carboxylic acids is 1. The van der Waals surface area contributed by atoms with Crippen LogP contribution in [0.15, 0.2) is 0 Å². The first-order valence-corrected chi connectivity index (χ1v) is 3.78. The van der Waals surface area contributed by atoms with Gasteiger partial charge in [-0.05, 0) is 12.8 Å². The standard InChI is InChI=1S/C7H14N2O/c1-3-7(4-2)5-6(10)8-9-7/h9H,3-5H2,1-2H3,(H,8,10). The average Bonchev–Trinajstić information content (AvgIpc) is 2.33. The van der Waals surface area contributed by atoms with Gasteiger partial charge >= 0.3 is 0 Å². The first-order chi connectivity index (χ1) is 4.72. The predicted octanol–water partition coefficient (Wildman–Crippen LogP) is 0.570. The summed E-state index contributed by atoms with van der Waals surface area (Å²) in [4.78, 5) is 10.8. The number of hydrazine groups is 1. The van der Waals surface area contributed by atoms with Gasteiger partial charge in [-0.3, -0.25) is 10.2 Å². The minimum absolute atomic E-state index is 0.0388. The number of hydrogen-bond acceptors (Lipinski definition) is 2. The molecule has 0 aromatic heterocycles. The highest BCUT2D eigenvalue weighted by Gasteiger charge is 2.34. The zero-order chi connectivity index (χ0) is 7.61. The fourth-order valence-corrected chi connectivity index (χ4v) is 1.27. The van der Waals surface area contributed by atoms with Gasteiger partial charge in [0.15, 0.2) is 0 Å². The van der Waals surface area contributed by atoms with Crippen LogP contribution in [0.25, 0.3) is 0 Å². The van der Waals surface area contributed by atoms with E-state index in [0.717, 1.165) is 12.8 Å². The van der Waals surface area contributed by atoms with Crippen LogP contribution in [0.5, 0.6) is 0 Å². The fraction of sp³-hybridized carbons (Fsp3) is 0.857. The Morgan fingerprint density at radius 2 is 2.10 bits per heavy atom. The average molecular weight is 142 g/mol. The normalized spacial score (nSPS) is 22.8. The molecule has 10 heavy (non-hydrogen) atoms. The monoisotopic (exact) mass is 142 g/mol. The van der Waals surface area contributed by atoms with Crippen molar-refractivity contribution in [3.8, 4) is 0 Å². The summed E-state index contributed by atoms with van der Waals surface area (Å²) < 4.78 is 0. The van der Waals surface area contributed by atoms with E-state index in [2.05, 4.69) is 24.7 Å². The summed E-state index contributed by atoms with van der Waals surface area (Å²) in [6.45, 7) is 4.19.